The molecular formula is C19H25N3O2. The highest BCUT2D eigenvalue weighted by atomic mass is 16.3. The van der Waals surface area contributed by atoms with E-state index in [1.807, 2.05) is 12.1 Å². The normalized spacial score (nSPS) is 18.4. The Morgan fingerprint density at radius 2 is 2.25 bits per heavy atom. The Labute approximate surface area is 142 Å². The molecule has 5 heteroatoms. The lowest BCUT2D eigenvalue weighted by Crippen LogP contribution is -2.36. The van der Waals surface area contributed by atoms with Gasteiger partial charge >= 0.3 is 0 Å². The number of benzene rings is 1. The number of carbonyl (C=O) groups is 1. The van der Waals surface area contributed by atoms with Crippen molar-refractivity contribution in [1.82, 2.24) is 10.2 Å². The monoisotopic (exact) mass is 327 g/mol. The lowest BCUT2D eigenvalue weighted by molar-refractivity contribution is 0.0945. The predicted octanol–water partition coefficient (Wildman–Crippen LogP) is 2.89. The van der Waals surface area contributed by atoms with Crippen molar-refractivity contribution in [2.75, 3.05) is 25.4 Å². The number of carbonyl (C=O) groups excluding carboxylic acids is 1. The fourth-order valence-electron chi connectivity index (χ4n) is 3.33. The summed E-state index contributed by atoms with van der Waals surface area (Å²) in [5, 5.41) is 3.00. The highest BCUT2D eigenvalue weighted by Crippen LogP contribution is 2.21. The van der Waals surface area contributed by atoms with Crippen molar-refractivity contribution in [1.29, 1.82) is 0 Å². The Morgan fingerprint density at radius 3 is 3.04 bits per heavy atom. The van der Waals surface area contributed by atoms with E-state index in [9.17, 15) is 4.79 Å². The number of rotatable bonds is 6. The van der Waals surface area contributed by atoms with Gasteiger partial charge in [0.15, 0.2) is 0 Å². The van der Waals surface area contributed by atoms with E-state index in [-0.39, 0.29) is 5.91 Å². The van der Waals surface area contributed by atoms with E-state index in [0.717, 1.165) is 31.8 Å². The minimum Gasteiger partial charge on any atom is -0.468 e. The minimum absolute atomic E-state index is 0.0504. The topological polar surface area (TPSA) is 71.5 Å². The molecule has 1 aromatic carbocycles. The van der Waals surface area contributed by atoms with Crippen LogP contribution in [0.4, 0.5) is 5.69 Å². The molecular weight excluding hydrogens is 302 g/mol. The Bertz CT molecular complexity index is 654. The summed E-state index contributed by atoms with van der Waals surface area (Å²) in [4.78, 5) is 14.6. The van der Waals surface area contributed by atoms with Gasteiger partial charge in [-0.2, -0.15) is 0 Å². The van der Waals surface area contributed by atoms with Gasteiger partial charge in [-0.25, -0.2) is 0 Å². The Hall–Kier alpha value is -2.27. The quantitative estimate of drug-likeness (QED) is 0.800. The number of anilines is 1. The van der Waals surface area contributed by atoms with Gasteiger partial charge in [0.1, 0.15) is 5.76 Å². The van der Waals surface area contributed by atoms with Gasteiger partial charge in [0, 0.05) is 24.3 Å². The number of amides is 1. The summed E-state index contributed by atoms with van der Waals surface area (Å²) in [6, 6.07) is 11.0. The molecule has 0 bridgehead atoms. The highest BCUT2D eigenvalue weighted by molar-refractivity contribution is 5.94. The van der Waals surface area contributed by atoms with Crippen molar-refractivity contribution in [3.05, 3.63) is 54.0 Å². The van der Waals surface area contributed by atoms with Crippen molar-refractivity contribution in [2.24, 2.45) is 5.92 Å². The lowest BCUT2D eigenvalue weighted by atomic mass is 9.94. The zero-order valence-electron chi connectivity index (χ0n) is 13.9. The van der Waals surface area contributed by atoms with Gasteiger partial charge in [0.25, 0.3) is 5.91 Å². The largest absolute Gasteiger partial charge is 0.468 e. The van der Waals surface area contributed by atoms with Gasteiger partial charge in [0.05, 0.1) is 12.8 Å². The molecule has 2 heterocycles. The van der Waals surface area contributed by atoms with Crippen LogP contribution in [0, 0.1) is 5.92 Å². The number of hydrogen-bond donors (Lipinski definition) is 2. The Morgan fingerprint density at radius 1 is 1.33 bits per heavy atom. The fraction of sp³-hybridized carbons (Fsp3) is 0.421. The lowest BCUT2D eigenvalue weighted by Gasteiger charge is -2.32. The summed E-state index contributed by atoms with van der Waals surface area (Å²) in [5.41, 5.74) is 6.96. The molecule has 0 unspecified atom stereocenters. The van der Waals surface area contributed by atoms with Crippen LogP contribution in [0.2, 0.25) is 0 Å². The summed E-state index contributed by atoms with van der Waals surface area (Å²) in [5.74, 6) is 1.59. The molecule has 0 aliphatic carbocycles. The molecule has 24 heavy (non-hydrogen) atoms. The van der Waals surface area contributed by atoms with Gasteiger partial charge in [-0.3, -0.25) is 9.69 Å². The first kappa shape index (κ1) is 16.6. The molecule has 0 spiro atoms. The van der Waals surface area contributed by atoms with E-state index >= 15 is 0 Å². The SMILES string of the molecule is Nc1cccc(C(=O)NCC[C@@H]2CCCN(Cc3ccco3)C2)c1. The Kier molecular flexibility index (Phi) is 5.54. The van der Waals surface area contributed by atoms with Crippen LogP contribution >= 0.6 is 0 Å². The third-order valence-electron chi connectivity index (χ3n) is 4.55. The number of nitrogens with two attached hydrogens (primary N) is 1. The molecule has 1 aliphatic rings. The van der Waals surface area contributed by atoms with Crippen molar-refractivity contribution < 1.29 is 9.21 Å². The molecule has 0 radical (unpaired) electrons. The second-order valence-corrected chi connectivity index (χ2v) is 6.49. The van der Waals surface area contributed by atoms with Gasteiger partial charge in [-0.1, -0.05) is 6.07 Å². The molecule has 2 aromatic rings. The van der Waals surface area contributed by atoms with Crippen molar-refractivity contribution in [2.45, 2.75) is 25.8 Å². The number of nitrogens with zero attached hydrogens (tertiary/aromatic N) is 1. The minimum atomic E-state index is -0.0504. The van der Waals surface area contributed by atoms with Crippen molar-refractivity contribution in [3.63, 3.8) is 0 Å². The van der Waals surface area contributed by atoms with Crippen LogP contribution in [0.15, 0.2) is 47.1 Å². The predicted molar refractivity (Wildman–Crippen MR) is 94.5 cm³/mol. The standard InChI is InChI=1S/C19H25N3O2/c20-17-6-1-5-16(12-17)19(23)21-9-8-15-4-2-10-22(13-15)14-18-7-3-11-24-18/h1,3,5-7,11-12,15H,2,4,8-10,13-14,20H2,(H,21,23)/t15-/m0/s1. The molecule has 1 fully saturated rings. The number of nitrogen functional groups attached to an aromatic ring is 1. The summed E-state index contributed by atoms with van der Waals surface area (Å²) >= 11 is 0. The average molecular weight is 327 g/mol. The first-order valence-electron chi connectivity index (χ1n) is 8.59. The molecule has 3 N–H and O–H groups in total. The van der Waals surface area contributed by atoms with Crippen LogP contribution in [0.1, 0.15) is 35.4 Å². The molecule has 5 nitrogen and oxygen atoms in total. The second kappa shape index (κ2) is 8.02. The maximum atomic E-state index is 12.1. The van der Waals surface area contributed by atoms with E-state index in [1.165, 1.54) is 12.8 Å². The highest BCUT2D eigenvalue weighted by Gasteiger charge is 2.20. The van der Waals surface area contributed by atoms with E-state index < -0.39 is 0 Å². The average Bonchev–Trinajstić information content (AvgIpc) is 3.08. The van der Waals surface area contributed by atoms with Crippen LogP contribution in [0.3, 0.4) is 0 Å². The molecule has 1 atom stereocenters. The van der Waals surface area contributed by atoms with Crippen molar-refractivity contribution in [3.8, 4) is 0 Å². The maximum absolute atomic E-state index is 12.1. The number of nitrogens with one attached hydrogen (secondary N) is 1. The first-order valence-corrected chi connectivity index (χ1v) is 8.59. The van der Waals surface area contributed by atoms with Crippen LogP contribution in [-0.4, -0.2) is 30.4 Å². The van der Waals surface area contributed by atoms with E-state index in [2.05, 4.69) is 10.2 Å². The van der Waals surface area contributed by atoms with Crippen LogP contribution in [0.5, 0.6) is 0 Å². The van der Waals surface area contributed by atoms with Crippen LogP contribution < -0.4 is 11.1 Å². The number of likely N-dealkylation sites (tertiary alicyclic amines) is 1. The van der Waals surface area contributed by atoms with E-state index in [0.29, 0.717) is 23.7 Å². The summed E-state index contributed by atoms with van der Waals surface area (Å²) in [6.07, 6.45) is 5.16. The van der Waals surface area contributed by atoms with E-state index in [1.54, 1.807) is 30.5 Å². The summed E-state index contributed by atoms with van der Waals surface area (Å²) < 4.78 is 5.43. The van der Waals surface area contributed by atoms with Gasteiger partial charge in [-0.05, 0) is 62.1 Å². The smallest absolute Gasteiger partial charge is 0.251 e. The summed E-state index contributed by atoms with van der Waals surface area (Å²) in [6.45, 7) is 3.76. The maximum Gasteiger partial charge on any atom is 0.251 e. The zero-order valence-corrected chi connectivity index (χ0v) is 13.9. The molecule has 1 aromatic heterocycles. The first-order chi connectivity index (χ1) is 11.7. The number of hydrogen-bond acceptors (Lipinski definition) is 4. The zero-order chi connectivity index (χ0) is 16.8. The Balaban J connectivity index is 1.42. The number of furan rings is 1. The summed E-state index contributed by atoms with van der Waals surface area (Å²) in [7, 11) is 0. The second-order valence-electron chi connectivity index (χ2n) is 6.49. The number of piperidine rings is 1. The molecule has 0 saturated carbocycles. The van der Waals surface area contributed by atoms with Gasteiger partial charge in [-0.15, -0.1) is 0 Å². The van der Waals surface area contributed by atoms with Crippen LogP contribution in [-0.2, 0) is 6.54 Å². The van der Waals surface area contributed by atoms with Crippen LogP contribution in [0.25, 0.3) is 0 Å². The molecule has 1 aliphatic heterocycles. The molecule has 1 saturated heterocycles. The van der Waals surface area contributed by atoms with E-state index in [4.69, 9.17) is 10.2 Å². The molecule has 128 valence electrons. The third-order valence-corrected chi connectivity index (χ3v) is 4.55. The molecule has 1 amide bonds. The fourth-order valence-corrected chi connectivity index (χ4v) is 3.33. The third kappa shape index (κ3) is 4.61. The van der Waals surface area contributed by atoms with Crippen molar-refractivity contribution >= 4 is 11.6 Å². The van der Waals surface area contributed by atoms with Gasteiger partial charge < -0.3 is 15.5 Å². The molecule has 3 rings (SSSR count). The van der Waals surface area contributed by atoms with Gasteiger partial charge in [0.2, 0.25) is 0 Å².